The molecule has 1 aliphatic carbocycles. The highest BCUT2D eigenvalue weighted by molar-refractivity contribution is 7.12. The predicted molar refractivity (Wildman–Crippen MR) is 81.3 cm³/mol. The molecule has 102 valence electrons. The molecule has 4 rings (SSSR count). The van der Waals surface area contributed by atoms with E-state index in [-0.39, 0.29) is 5.92 Å². The van der Waals surface area contributed by atoms with E-state index in [1.54, 1.807) is 11.3 Å². The van der Waals surface area contributed by atoms with Crippen molar-refractivity contribution < 1.29 is 4.79 Å². The lowest BCUT2D eigenvalue weighted by Gasteiger charge is -2.25. The van der Waals surface area contributed by atoms with Crippen molar-refractivity contribution in [3.63, 3.8) is 0 Å². The Morgan fingerprint density at radius 3 is 2.70 bits per heavy atom. The first-order valence-electron chi connectivity index (χ1n) is 7.16. The smallest absolute Gasteiger partial charge is 0.178 e. The van der Waals surface area contributed by atoms with Gasteiger partial charge < -0.3 is 0 Å². The molecule has 0 saturated carbocycles. The number of hydrogen-bond acceptors (Lipinski definition) is 3. The molecule has 2 nitrogen and oxygen atoms in total. The van der Waals surface area contributed by atoms with Gasteiger partial charge in [0.2, 0.25) is 0 Å². The molecule has 3 atom stereocenters. The van der Waals surface area contributed by atoms with Crippen LogP contribution in [0.2, 0.25) is 0 Å². The Hall–Kier alpha value is -1.45. The molecule has 3 heteroatoms. The molecule has 1 saturated heterocycles. The zero-order valence-corrected chi connectivity index (χ0v) is 12.3. The van der Waals surface area contributed by atoms with Crippen molar-refractivity contribution in [2.24, 2.45) is 5.92 Å². The first kappa shape index (κ1) is 12.3. The molecular weight excluding hydrogens is 266 g/mol. The Balaban J connectivity index is 1.60. The quantitative estimate of drug-likeness (QED) is 0.837. The molecule has 3 unspecified atom stereocenters. The van der Waals surface area contributed by atoms with E-state index in [0.29, 0.717) is 17.7 Å². The second-order valence-electron chi connectivity index (χ2n) is 5.82. The molecule has 1 aromatic heterocycles. The van der Waals surface area contributed by atoms with E-state index in [0.717, 1.165) is 18.0 Å². The molecule has 1 fully saturated rings. The fourth-order valence-electron chi connectivity index (χ4n) is 3.65. The third kappa shape index (κ3) is 1.70. The van der Waals surface area contributed by atoms with Crippen LogP contribution in [-0.4, -0.2) is 23.8 Å². The van der Waals surface area contributed by atoms with E-state index in [9.17, 15) is 4.79 Å². The van der Waals surface area contributed by atoms with Crippen LogP contribution in [0, 0.1) is 5.92 Å². The molecule has 1 aliphatic heterocycles. The number of benzene rings is 1. The predicted octanol–water partition coefficient (Wildman–Crippen LogP) is 3.72. The minimum atomic E-state index is 0.198. The first-order chi connectivity index (χ1) is 9.75. The molecule has 0 bridgehead atoms. The average molecular weight is 283 g/mol. The van der Waals surface area contributed by atoms with Crippen LogP contribution >= 0.6 is 11.3 Å². The molecular formula is C17H17NOS. The Morgan fingerprint density at radius 2 is 1.90 bits per heavy atom. The van der Waals surface area contributed by atoms with Gasteiger partial charge in [-0.05, 0) is 29.5 Å². The van der Waals surface area contributed by atoms with Crippen LogP contribution in [-0.2, 0) is 0 Å². The maximum atomic E-state index is 12.4. The van der Waals surface area contributed by atoms with E-state index >= 15 is 0 Å². The number of likely N-dealkylation sites (tertiary alicyclic amines) is 1. The van der Waals surface area contributed by atoms with Crippen molar-refractivity contribution >= 4 is 17.1 Å². The molecule has 1 aromatic carbocycles. The summed E-state index contributed by atoms with van der Waals surface area (Å²) >= 11 is 1.61. The standard InChI is InChI=1S/C17H17NOS/c1-11(12-5-3-2-4-6-12)18-9-14-13-7-8-20-17(13)16(19)15(14)10-18/h2-8,11,14-15H,9-10H2,1H3. The average Bonchev–Trinajstić information content (AvgIpc) is 3.16. The number of nitrogens with zero attached hydrogens (tertiary/aromatic N) is 1. The molecule has 2 aliphatic rings. The third-order valence-electron chi connectivity index (χ3n) is 4.83. The fraction of sp³-hybridized carbons (Fsp3) is 0.353. The summed E-state index contributed by atoms with van der Waals surface area (Å²) < 4.78 is 0. The van der Waals surface area contributed by atoms with Gasteiger partial charge in [-0.2, -0.15) is 0 Å². The van der Waals surface area contributed by atoms with Crippen molar-refractivity contribution in [2.45, 2.75) is 18.9 Å². The summed E-state index contributed by atoms with van der Waals surface area (Å²) in [4.78, 5) is 15.9. The number of carbonyl (C=O) groups is 1. The van der Waals surface area contributed by atoms with Crippen LogP contribution in [0.5, 0.6) is 0 Å². The molecule has 2 heterocycles. The number of ketones is 1. The van der Waals surface area contributed by atoms with Crippen LogP contribution in [0.3, 0.4) is 0 Å². The summed E-state index contributed by atoms with van der Waals surface area (Å²) in [6.45, 7) is 4.16. The van der Waals surface area contributed by atoms with Gasteiger partial charge in [0.25, 0.3) is 0 Å². The van der Waals surface area contributed by atoms with Crippen molar-refractivity contribution in [1.29, 1.82) is 0 Å². The number of thiophene rings is 1. The molecule has 0 radical (unpaired) electrons. The van der Waals surface area contributed by atoms with Gasteiger partial charge in [0.05, 0.1) is 4.88 Å². The summed E-state index contributed by atoms with van der Waals surface area (Å²) in [5, 5.41) is 2.06. The number of Topliss-reactive ketones (excluding diaryl/α,β-unsaturated/α-hetero) is 1. The highest BCUT2D eigenvalue weighted by Crippen LogP contribution is 2.46. The number of rotatable bonds is 2. The summed E-state index contributed by atoms with van der Waals surface area (Å²) in [6, 6.07) is 13.1. The third-order valence-corrected chi connectivity index (χ3v) is 5.78. The summed E-state index contributed by atoms with van der Waals surface area (Å²) in [5.74, 6) is 1.00. The van der Waals surface area contributed by atoms with Crippen LogP contribution in [0.1, 0.15) is 39.7 Å². The highest BCUT2D eigenvalue weighted by atomic mass is 32.1. The first-order valence-corrected chi connectivity index (χ1v) is 8.04. The SMILES string of the molecule is CC(c1ccccc1)N1CC2C(=O)c3sccc3C2C1. The Bertz CT molecular complexity index is 648. The Morgan fingerprint density at radius 1 is 1.15 bits per heavy atom. The van der Waals surface area contributed by atoms with Crippen molar-refractivity contribution in [1.82, 2.24) is 4.90 Å². The molecule has 20 heavy (non-hydrogen) atoms. The topological polar surface area (TPSA) is 20.3 Å². The lowest BCUT2D eigenvalue weighted by Crippen LogP contribution is -2.26. The largest absolute Gasteiger partial charge is 0.295 e. The zero-order valence-electron chi connectivity index (χ0n) is 11.5. The second-order valence-corrected chi connectivity index (χ2v) is 6.74. The van der Waals surface area contributed by atoms with Gasteiger partial charge in [-0.15, -0.1) is 11.3 Å². The monoisotopic (exact) mass is 283 g/mol. The van der Waals surface area contributed by atoms with Gasteiger partial charge in [-0.1, -0.05) is 30.3 Å². The fourth-order valence-corrected chi connectivity index (χ4v) is 4.63. The van der Waals surface area contributed by atoms with Crippen LogP contribution in [0.15, 0.2) is 41.8 Å². The Labute approximate surface area is 123 Å². The molecule has 0 N–H and O–H groups in total. The van der Waals surface area contributed by atoms with Crippen LogP contribution in [0.4, 0.5) is 0 Å². The van der Waals surface area contributed by atoms with Crippen LogP contribution in [0.25, 0.3) is 0 Å². The second kappa shape index (κ2) is 4.54. The lowest BCUT2D eigenvalue weighted by molar-refractivity contribution is 0.0931. The van der Waals surface area contributed by atoms with Crippen molar-refractivity contribution in [2.75, 3.05) is 13.1 Å². The van der Waals surface area contributed by atoms with E-state index < -0.39 is 0 Å². The Kier molecular flexibility index (Phi) is 2.79. The summed E-state index contributed by atoms with van der Waals surface area (Å²) in [7, 11) is 0. The minimum absolute atomic E-state index is 0.198. The van der Waals surface area contributed by atoms with E-state index in [2.05, 4.69) is 53.6 Å². The number of hydrogen-bond donors (Lipinski definition) is 0. The van der Waals surface area contributed by atoms with Gasteiger partial charge in [0.1, 0.15) is 0 Å². The summed E-state index contributed by atoms with van der Waals surface area (Å²) in [5.41, 5.74) is 2.64. The normalized spacial score (nSPS) is 26.6. The van der Waals surface area contributed by atoms with Gasteiger partial charge >= 0.3 is 0 Å². The van der Waals surface area contributed by atoms with Gasteiger partial charge in [0, 0.05) is 31.0 Å². The van der Waals surface area contributed by atoms with Gasteiger partial charge in [-0.25, -0.2) is 0 Å². The van der Waals surface area contributed by atoms with Crippen molar-refractivity contribution in [3.8, 4) is 0 Å². The van der Waals surface area contributed by atoms with E-state index in [1.807, 2.05) is 0 Å². The zero-order chi connectivity index (χ0) is 13.7. The minimum Gasteiger partial charge on any atom is -0.295 e. The van der Waals surface area contributed by atoms with Crippen molar-refractivity contribution in [3.05, 3.63) is 57.8 Å². The maximum Gasteiger partial charge on any atom is 0.178 e. The molecule has 2 aromatic rings. The molecule has 0 spiro atoms. The molecule has 0 amide bonds. The van der Waals surface area contributed by atoms with Gasteiger partial charge in [-0.3, -0.25) is 9.69 Å². The number of carbonyl (C=O) groups excluding carboxylic acids is 1. The van der Waals surface area contributed by atoms with Crippen LogP contribution < -0.4 is 0 Å². The van der Waals surface area contributed by atoms with E-state index in [1.165, 1.54) is 11.1 Å². The highest BCUT2D eigenvalue weighted by Gasteiger charge is 2.47. The lowest BCUT2D eigenvalue weighted by atomic mass is 9.97. The number of fused-ring (bicyclic) bond motifs is 3. The summed E-state index contributed by atoms with van der Waals surface area (Å²) in [6.07, 6.45) is 0. The maximum absolute atomic E-state index is 12.4. The van der Waals surface area contributed by atoms with Gasteiger partial charge in [0.15, 0.2) is 5.78 Å². The van der Waals surface area contributed by atoms with E-state index in [4.69, 9.17) is 0 Å².